The van der Waals surface area contributed by atoms with Crippen molar-refractivity contribution < 1.29 is 19.4 Å². The number of ketones is 1. The lowest BCUT2D eigenvalue weighted by atomic mass is 9.95. The minimum absolute atomic E-state index is 0.0256. The molecular weight excluding hydrogens is 392 g/mol. The standard InChI is InChI=1S/C25H32N2O4/c1-2-24(29)20-8-10-23(11-9-20)31-18-22(28)17-27-14-12-21(13-15-27)25(30)26-16-19-6-4-3-5-7-19/h3-11,21-22,28H,2,12-18H2,1H3,(H,26,30)/t22-/m0/s1. The Morgan fingerprint density at radius 2 is 1.77 bits per heavy atom. The van der Waals surface area contributed by atoms with Crippen LogP contribution in [0, 0.1) is 5.92 Å². The molecule has 2 N–H and O–H groups in total. The van der Waals surface area contributed by atoms with Crippen molar-refractivity contribution in [2.45, 2.75) is 38.8 Å². The summed E-state index contributed by atoms with van der Waals surface area (Å²) in [6.07, 6.45) is 1.45. The monoisotopic (exact) mass is 424 g/mol. The zero-order valence-corrected chi connectivity index (χ0v) is 18.1. The van der Waals surface area contributed by atoms with E-state index in [1.807, 2.05) is 37.3 Å². The lowest BCUT2D eigenvalue weighted by molar-refractivity contribution is -0.126. The van der Waals surface area contributed by atoms with Crippen molar-refractivity contribution in [3.05, 3.63) is 65.7 Å². The van der Waals surface area contributed by atoms with Gasteiger partial charge in [0.25, 0.3) is 0 Å². The van der Waals surface area contributed by atoms with Crippen molar-refractivity contribution in [2.75, 3.05) is 26.2 Å². The zero-order chi connectivity index (χ0) is 22.1. The number of hydrogen-bond donors (Lipinski definition) is 2. The maximum atomic E-state index is 12.4. The molecular formula is C25H32N2O4. The number of carbonyl (C=O) groups excluding carboxylic acids is 2. The van der Waals surface area contributed by atoms with Crippen molar-refractivity contribution in [3.63, 3.8) is 0 Å². The largest absolute Gasteiger partial charge is 0.491 e. The topological polar surface area (TPSA) is 78.9 Å². The zero-order valence-electron chi connectivity index (χ0n) is 18.1. The van der Waals surface area contributed by atoms with E-state index in [1.165, 1.54) is 0 Å². The molecule has 1 aliphatic heterocycles. The molecule has 1 aliphatic rings. The van der Waals surface area contributed by atoms with Gasteiger partial charge in [-0.3, -0.25) is 9.59 Å². The van der Waals surface area contributed by atoms with Crippen LogP contribution in [-0.4, -0.2) is 54.0 Å². The number of hydrogen-bond acceptors (Lipinski definition) is 5. The van der Waals surface area contributed by atoms with Gasteiger partial charge in [-0.05, 0) is 55.8 Å². The lowest BCUT2D eigenvalue weighted by Crippen LogP contribution is -2.44. The number of amides is 1. The fourth-order valence-electron chi connectivity index (χ4n) is 3.79. The summed E-state index contributed by atoms with van der Waals surface area (Å²) >= 11 is 0. The molecule has 6 nitrogen and oxygen atoms in total. The van der Waals surface area contributed by atoms with E-state index in [0.717, 1.165) is 31.5 Å². The number of aliphatic hydroxyl groups excluding tert-OH is 1. The molecule has 0 saturated carbocycles. The van der Waals surface area contributed by atoms with Crippen molar-refractivity contribution in [1.29, 1.82) is 0 Å². The van der Waals surface area contributed by atoms with Crippen LogP contribution in [0.25, 0.3) is 0 Å². The average molecular weight is 425 g/mol. The first-order valence-electron chi connectivity index (χ1n) is 11.0. The Balaban J connectivity index is 1.34. The number of likely N-dealkylation sites (tertiary alicyclic amines) is 1. The number of nitrogens with zero attached hydrogens (tertiary/aromatic N) is 1. The molecule has 0 bridgehead atoms. The van der Waals surface area contributed by atoms with Gasteiger partial charge in [-0.1, -0.05) is 37.3 Å². The van der Waals surface area contributed by atoms with Crippen LogP contribution < -0.4 is 10.1 Å². The fourth-order valence-corrected chi connectivity index (χ4v) is 3.79. The van der Waals surface area contributed by atoms with Gasteiger partial charge in [0.05, 0.1) is 0 Å². The van der Waals surface area contributed by atoms with E-state index >= 15 is 0 Å². The van der Waals surface area contributed by atoms with Gasteiger partial charge in [-0.2, -0.15) is 0 Å². The molecule has 0 radical (unpaired) electrons. The third-order valence-electron chi connectivity index (χ3n) is 5.68. The van der Waals surface area contributed by atoms with Crippen LogP contribution in [0.15, 0.2) is 54.6 Å². The predicted molar refractivity (Wildman–Crippen MR) is 120 cm³/mol. The lowest BCUT2D eigenvalue weighted by Gasteiger charge is -2.32. The molecule has 0 aliphatic carbocycles. The van der Waals surface area contributed by atoms with Gasteiger partial charge >= 0.3 is 0 Å². The Morgan fingerprint density at radius 1 is 1.10 bits per heavy atom. The number of aliphatic hydroxyl groups is 1. The highest BCUT2D eigenvalue weighted by Crippen LogP contribution is 2.18. The molecule has 0 spiro atoms. The maximum absolute atomic E-state index is 12.4. The molecule has 1 atom stereocenters. The van der Waals surface area contributed by atoms with Crippen LogP contribution >= 0.6 is 0 Å². The molecule has 1 amide bonds. The van der Waals surface area contributed by atoms with E-state index in [2.05, 4.69) is 10.2 Å². The van der Waals surface area contributed by atoms with Gasteiger partial charge < -0.3 is 20.1 Å². The minimum Gasteiger partial charge on any atom is -0.491 e. The predicted octanol–water partition coefficient (Wildman–Crippen LogP) is 3.05. The number of ether oxygens (including phenoxy) is 1. The molecule has 166 valence electrons. The third kappa shape index (κ3) is 7.19. The average Bonchev–Trinajstić information content (AvgIpc) is 2.82. The number of β-amino-alcohol motifs (C(OH)–C–C–N with tert-alkyl or cyclic N) is 1. The molecule has 1 saturated heterocycles. The summed E-state index contributed by atoms with van der Waals surface area (Å²) in [5.74, 6) is 0.874. The Labute approximate surface area is 184 Å². The van der Waals surface area contributed by atoms with Gasteiger partial charge in [-0.25, -0.2) is 0 Å². The fraction of sp³-hybridized carbons (Fsp3) is 0.440. The highest BCUT2D eigenvalue weighted by molar-refractivity contribution is 5.95. The second-order valence-corrected chi connectivity index (χ2v) is 8.04. The SMILES string of the molecule is CCC(=O)c1ccc(OC[C@@H](O)CN2CCC(C(=O)NCc3ccccc3)CC2)cc1. The van der Waals surface area contributed by atoms with Crippen molar-refractivity contribution in [1.82, 2.24) is 10.2 Å². The highest BCUT2D eigenvalue weighted by Gasteiger charge is 2.25. The second kappa shape index (κ2) is 11.6. The molecule has 0 unspecified atom stereocenters. The van der Waals surface area contributed by atoms with Gasteiger partial charge in [0.1, 0.15) is 18.5 Å². The molecule has 6 heteroatoms. The van der Waals surface area contributed by atoms with Crippen LogP contribution in [0.3, 0.4) is 0 Å². The normalized spacial score (nSPS) is 15.9. The van der Waals surface area contributed by atoms with E-state index in [1.54, 1.807) is 24.3 Å². The summed E-state index contributed by atoms with van der Waals surface area (Å²) in [5.41, 5.74) is 1.77. The summed E-state index contributed by atoms with van der Waals surface area (Å²) in [7, 11) is 0. The number of nitrogens with one attached hydrogen (secondary N) is 1. The van der Waals surface area contributed by atoms with Crippen LogP contribution in [0.4, 0.5) is 0 Å². The Morgan fingerprint density at radius 3 is 2.42 bits per heavy atom. The van der Waals surface area contributed by atoms with E-state index in [-0.39, 0.29) is 24.2 Å². The molecule has 1 heterocycles. The molecule has 2 aromatic carbocycles. The number of piperidine rings is 1. The first-order valence-corrected chi connectivity index (χ1v) is 11.0. The maximum Gasteiger partial charge on any atom is 0.223 e. The van der Waals surface area contributed by atoms with Gasteiger partial charge in [-0.15, -0.1) is 0 Å². The van der Waals surface area contributed by atoms with Crippen LogP contribution in [0.1, 0.15) is 42.1 Å². The Hall–Kier alpha value is -2.70. The van der Waals surface area contributed by atoms with E-state index in [4.69, 9.17) is 4.74 Å². The summed E-state index contributed by atoms with van der Waals surface area (Å²) in [6, 6.07) is 16.9. The van der Waals surface area contributed by atoms with E-state index in [0.29, 0.717) is 30.8 Å². The van der Waals surface area contributed by atoms with Crippen molar-refractivity contribution in [2.24, 2.45) is 5.92 Å². The molecule has 1 fully saturated rings. The van der Waals surface area contributed by atoms with E-state index in [9.17, 15) is 14.7 Å². The summed E-state index contributed by atoms with van der Waals surface area (Å²) in [4.78, 5) is 26.3. The number of carbonyl (C=O) groups is 2. The van der Waals surface area contributed by atoms with Gasteiger partial charge in [0.2, 0.25) is 5.91 Å². The quantitative estimate of drug-likeness (QED) is 0.573. The highest BCUT2D eigenvalue weighted by atomic mass is 16.5. The number of Topliss-reactive ketones (excluding diaryl/α,β-unsaturated/α-hetero) is 1. The first kappa shape index (κ1) is 23.0. The van der Waals surface area contributed by atoms with Gasteiger partial charge in [0, 0.05) is 31.0 Å². The van der Waals surface area contributed by atoms with Crippen LogP contribution in [-0.2, 0) is 11.3 Å². The van der Waals surface area contributed by atoms with Crippen LogP contribution in [0.2, 0.25) is 0 Å². The molecule has 2 aromatic rings. The van der Waals surface area contributed by atoms with E-state index < -0.39 is 6.10 Å². The third-order valence-corrected chi connectivity index (χ3v) is 5.68. The number of rotatable bonds is 10. The van der Waals surface area contributed by atoms with Crippen molar-refractivity contribution >= 4 is 11.7 Å². The first-order chi connectivity index (χ1) is 15.0. The van der Waals surface area contributed by atoms with Crippen LogP contribution in [0.5, 0.6) is 5.75 Å². The number of benzene rings is 2. The van der Waals surface area contributed by atoms with Gasteiger partial charge in [0.15, 0.2) is 5.78 Å². The summed E-state index contributed by atoms with van der Waals surface area (Å²) in [6.45, 7) is 4.68. The molecule has 0 aromatic heterocycles. The smallest absolute Gasteiger partial charge is 0.223 e. The molecule has 31 heavy (non-hydrogen) atoms. The minimum atomic E-state index is -0.611. The Kier molecular flexibility index (Phi) is 8.62. The summed E-state index contributed by atoms with van der Waals surface area (Å²) in [5, 5.41) is 13.4. The van der Waals surface area contributed by atoms with Crippen molar-refractivity contribution in [3.8, 4) is 5.75 Å². The Bertz CT molecular complexity index is 830. The summed E-state index contributed by atoms with van der Waals surface area (Å²) < 4.78 is 5.66. The molecule has 3 rings (SSSR count). The second-order valence-electron chi connectivity index (χ2n) is 8.04.